The molecule has 0 fully saturated rings. The Morgan fingerprint density at radius 1 is 1.27 bits per heavy atom. The summed E-state index contributed by atoms with van der Waals surface area (Å²) in [5, 5.41) is 9.71. The Balaban J connectivity index is 2.08. The van der Waals surface area contributed by atoms with Crippen molar-refractivity contribution in [2.45, 2.75) is 37.8 Å². The van der Waals surface area contributed by atoms with Crippen LogP contribution >= 0.6 is 0 Å². The van der Waals surface area contributed by atoms with Crippen LogP contribution in [0.3, 0.4) is 0 Å². The van der Waals surface area contributed by atoms with Crippen molar-refractivity contribution in [1.29, 1.82) is 0 Å². The molecule has 1 aliphatic heterocycles. The number of fused-ring (bicyclic) bond motifs is 1. The second kappa shape index (κ2) is 10.3. The molecule has 1 aromatic heterocycles. The summed E-state index contributed by atoms with van der Waals surface area (Å²) >= 11 is 0. The van der Waals surface area contributed by atoms with Crippen molar-refractivity contribution in [3.63, 3.8) is 0 Å². The van der Waals surface area contributed by atoms with E-state index in [0.29, 0.717) is 12.1 Å². The van der Waals surface area contributed by atoms with Crippen molar-refractivity contribution in [3.05, 3.63) is 53.9 Å². The van der Waals surface area contributed by atoms with Crippen molar-refractivity contribution in [1.82, 2.24) is 14.2 Å². The molecule has 8 nitrogen and oxygen atoms in total. The summed E-state index contributed by atoms with van der Waals surface area (Å²) in [5.41, 5.74) is 1.37. The second-order valence-corrected chi connectivity index (χ2v) is 10.1. The van der Waals surface area contributed by atoms with E-state index in [1.165, 1.54) is 17.3 Å². The van der Waals surface area contributed by atoms with E-state index in [-0.39, 0.29) is 35.6 Å². The first-order valence-corrected chi connectivity index (χ1v) is 12.1. The van der Waals surface area contributed by atoms with Gasteiger partial charge in [0.1, 0.15) is 16.7 Å². The maximum Gasteiger partial charge on any atom is 0.247 e. The topological polar surface area (TPSA) is 100 Å². The van der Waals surface area contributed by atoms with E-state index < -0.39 is 22.2 Å². The number of benzene rings is 1. The van der Waals surface area contributed by atoms with Gasteiger partial charge in [0, 0.05) is 56.0 Å². The average molecular weight is 472 g/mol. The molecule has 1 N–H and O–H groups in total. The molecule has 0 spiro atoms. The molecular weight excluding hydrogens is 442 g/mol. The maximum atomic E-state index is 13.5. The summed E-state index contributed by atoms with van der Waals surface area (Å²) in [4.78, 5) is 17.4. The zero-order valence-corrected chi connectivity index (χ0v) is 20.0. The number of pyridine rings is 1. The number of aliphatic hydroxyl groups excluding tert-OH is 1. The smallest absolute Gasteiger partial charge is 0.247 e. The Bertz CT molecular complexity index is 1160. The zero-order chi connectivity index (χ0) is 24.2. The Morgan fingerprint density at radius 3 is 2.58 bits per heavy atom. The van der Waals surface area contributed by atoms with E-state index in [0.717, 1.165) is 5.56 Å². The maximum absolute atomic E-state index is 13.5. The highest BCUT2D eigenvalue weighted by Crippen LogP contribution is 2.34. The van der Waals surface area contributed by atoms with Crippen molar-refractivity contribution in [2.24, 2.45) is 5.92 Å². The first-order chi connectivity index (χ1) is 15.6. The number of aliphatic hydroxyl groups is 1. The first kappa shape index (κ1) is 24.7. The van der Waals surface area contributed by atoms with Crippen LogP contribution in [0.2, 0.25) is 0 Å². The van der Waals surface area contributed by atoms with Crippen LogP contribution in [0.15, 0.2) is 47.6 Å². The Kier molecular flexibility index (Phi) is 7.74. The van der Waals surface area contributed by atoms with Crippen LogP contribution in [0.25, 0.3) is 0 Å². The molecule has 1 amide bonds. The number of rotatable bonds is 4. The number of nitrogens with zero attached hydrogens (tertiary/aromatic N) is 3. The van der Waals surface area contributed by atoms with E-state index >= 15 is 0 Å². The van der Waals surface area contributed by atoms with Crippen molar-refractivity contribution < 1.29 is 23.1 Å². The average Bonchev–Trinajstić information content (AvgIpc) is 2.79. The molecule has 0 radical (unpaired) electrons. The predicted octanol–water partition coefficient (Wildman–Crippen LogP) is 1.73. The summed E-state index contributed by atoms with van der Waals surface area (Å²) in [7, 11) is -2.25. The SMILES string of the molecule is CC(=O)N(C)C[C@@H]1Oc2cc(C#Cc3ccncc3)ccc2S(=O)(=O)N([C@@H](C)CO)C[C@H]1C. The zero-order valence-electron chi connectivity index (χ0n) is 19.2. The fourth-order valence-corrected chi connectivity index (χ4v) is 5.33. The van der Waals surface area contributed by atoms with Gasteiger partial charge in [-0.1, -0.05) is 18.8 Å². The number of aromatic nitrogens is 1. The van der Waals surface area contributed by atoms with Crippen LogP contribution < -0.4 is 4.74 Å². The van der Waals surface area contributed by atoms with E-state index in [9.17, 15) is 18.3 Å². The minimum Gasteiger partial charge on any atom is -0.487 e. The number of hydrogen-bond donors (Lipinski definition) is 1. The van der Waals surface area contributed by atoms with Crippen LogP contribution in [0.5, 0.6) is 5.75 Å². The lowest BCUT2D eigenvalue weighted by Gasteiger charge is -2.37. The van der Waals surface area contributed by atoms with Gasteiger partial charge >= 0.3 is 0 Å². The summed E-state index contributed by atoms with van der Waals surface area (Å²) in [6.07, 6.45) is 2.84. The fourth-order valence-electron chi connectivity index (χ4n) is 3.50. The van der Waals surface area contributed by atoms with Gasteiger partial charge in [-0.2, -0.15) is 4.31 Å². The third kappa shape index (κ3) is 5.71. The third-order valence-electron chi connectivity index (χ3n) is 5.69. The van der Waals surface area contributed by atoms with E-state index in [1.54, 1.807) is 55.5 Å². The molecule has 2 aromatic rings. The highest BCUT2D eigenvalue weighted by atomic mass is 32.2. The van der Waals surface area contributed by atoms with Crippen molar-refractivity contribution in [3.8, 4) is 17.6 Å². The molecule has 0 unspecified atom stereocenters. The van der Waals surface area contributed by atoms with Gasteiger partial charge < -0.3 is 14.7 Å². The molecule has 0 saturated carbocycles. The third-order valence-corrected chi connectivity index (χ3v) is 7.71. The standard InChI is InChI=1S/C24H29N3O5S/c1-17-14-27(18(2)16-28)33(30,31)24-8-7-21(6-5-20-9-11-25-12-10-20)13-22(24)32-23(17)15-26(4)19(3)29/h7-13,17-18,23,28H,14-16H2,1-4H3/t17-,18+,23+/m1/s1. The fraction of sp³-hybridized carbons (Fsp3) is 0.417. The van der Waals surface area contributed by atoms with E-state index in [2.05, 4.69) is 16.8 Å². The summed E-state index contributed by atoms with van der Waals surface area (Å²) < 4.78 is 34.5. The molecular formula is C24H29N3O5S. The van der Waals surface area contributed by atoms with E-state index in [4.69, 9.17) is 4.74 Å². The number of likely N-dealkylation sites (N-methyl/N-ethyl adjacent to an activating group) is 1. The van der Waals surface area contributed by atoms with Crippen LogP contribution in [-0.4, -0.2) is 72.5 Å². The van der Waals surface area contributed by atoms with Gasteiger partial charge in [0.2, 0.25) is 15.9 Å². The van der Waals surface area contributed by atoms with Gasteiger partial charge in [-0.05, 0) is 37.3 Å². The van der Waals surface area contributed by atoms with Gasteiger partial charge in [0.05, 0.1) is 13.2 Å². The molecule has 0 bridgehead atoms. The summed E-state index contributed by atoms with van der Waals surface area (Å²) in [5.74, 6) is 5.89. The lowest BCUT2D eigenvalue weighted by atomic mass is 10.0. The number of carbonyl (C=O) groups excluding carboxylic acids is 1. The molecule has 3 atom stereocenters. The highest BCUT2D eigenvalue weighted by Gasteiger charge is 2.38. The van der Waals surface area contributed by atoms with Crippen LogP contribution in [0, 0.1) is 17.8 Å². The number of amides is 1. The molecule has 9 heteroatoms. The molecule has 0 saturated heterocycles. The Labute approximate surface area is 195 Å². The quantitative estimate of drug-likeness (QED) is 0.682. The number of sulfonamides is 1. The molecule has 33 heavy (non-hydrogen) atoms. The minimum absolute atomic E-state index is 0.0136. The predicted molar refractivity (Wildman–Crippen MR) is 124 cm³/mol. The molecule has 0 aliphatic carbocycles. The number of ether oxygens (including phenoxy) is 1. The van der Waals surface area contributed by atoms with Gasteiger partial charge in [-0.3, -0.25) is 9.78 Å². The molecule has 1 aliphatic rings. The first-order valence-electron chi connectivity index (χ1n) is 10.7. The normalized spacial score (nSPS) is 20.8. The largest absolute Gasteiger partial charge is 0.487 e. The Morgan fingerprint density at radius 2 is 1.94 bits per heavy atom. The van der Waals surface area contributed by atoms with Crippen LogP contribution in [-0.2, 0) is 14.8 Å². The molecule has 2 heterocycles. The number of carbonyl (C=O) groups is 1. The van der Waals surface area contributed by atoms with Crippen LogP contribution in [0.1, 0.15) is 31.9 Å². The lowest BCUT2D eigenvalue weighted by molar-refractivity contribution is -0.129. The minimum atomic E-state index is -3.93. The van der Waals surface area contributed by atoms with Gasteiger partial charge in [-0.25, -0.2) is 8.42 Å². The van der Waals surface area contributed by atoms with Gasteiger partial charge in [0.25, 0.3) is 0 Å². The number of hydrogen-bond acceptors (Lipinski definition) is 6. The Hall–Kier alpha value is -2.93. The molecule has 3 rings (SSSR count). The monoisotopic (exact) mass is 471 g/mol. The van der Waals surface area contributed by atoms with Gasteiger partial charge in [-0.15, -0.1) is 0 Å². The summed E-state index contributed by atoms with van der Waals surface area (Å²) in [6, 6.07) is 7.69. The van der Waals surface area contributed by atoms with E-state index in [1.807, 2.05) is 6.92 Å². The van der Waals surface area contributed by atoms with Crippen LogP contribution in [0.4, 0.5) is 0 Å². The van der Waals surface area contributed by atoms with Gasteiger partial charge in [0.15, 0.2) is 0 Å². The van der Waals surface area contributed by atoms with Crippen molar-refractivity contribution in [2.75, 3.05) is 26.7 Å². The lowest BCUT2D eigenvalue weighted by Crippen LogP contribution is -2.50. The molecule has 176 valence electrons. The summed E-state index contributed by atoms with van der Waals surface area (Å²) in [6.45, 7) is 5.16. The second-order valence-electron chi connectivity index (χ2n) is 8.29. The van der Waals surface area contributed by atoms with Crippen molar-refractivity contribution >= 4 is 15.9 Å². The molecule has 1 aromatic carbocycles. The highest BCUT2D eigenvalue weighted by molar-refractivity contribution is 7.89.